The van der Waals surface area contributed by atoms with Gasteiger partial charge >= 0.3 is 19.8 Å². The molecule has 0 unspecified atom stereocenters. The van der Waals surface area contributed by atoms with E-state index in [1.807, 2.05) is 107 Å². The van der Waals surface area contributed by atoms with Crippen molar-refractivity contribution in [3.63, 3.8) is 0 Å². The molecule has 13 heteroatoms. The lowest BCUT2D eigenvalue weighted by Crippen LogP contribution is -2.43. The largest absolute Gasteiger partial charge is 0.481 e. The molecule has 0 fully saturated rings. The van der Waals surface area contributed by atoms with Gasteiger partial charge in [0.1, 0.15) is 11.4 Å². The molecule has 58 heavy (non-hydrogen) atoms. The molecule has 2 amide bonds. The van der Waals surface area contributed by atoms with Crippen LogP contribution in [0.4, 0.5) is 9.59 Å². The summed E-state index contributed by atoms with van der Waals surface area (Å²) >= 11 is 0. The van der Waals surface area contributed by atoms with Crippen molar-refractivity contribution < 1.29 is 47.3 Å². The average Bonchev–Trinajstić information content (AvgIpc) is 3.20. The second-order valence-electron chi connectivity index (χ2n) is 15.0. The summed E-state index contributed by atoms with van der Waals surface area (Å²) < 4.78 is 46.7. The normalized spacial score (nSPS) is 12.2. The summed E-state index contributed by atoms with van der Waals surface area (Å²) in [4.78, 5) is 26.0. The number of carbonyl (C=O) groups excluding carboxylic acids is 1. The first-order chi connectivity index (χ1) is 27.6. The second kappa shape index (κ2) is 28.9. The van der Waals surface area contributed by atoms with Crippen LogP contribution in [0.15, 0.2) is 84.9 Å². The van der Waals surface area contributed by atoms with E-state index in [9.17, 15) is 19.3 Å². The van der Waals surface area contributed by atoms with Gasteiger partial charge in [0.2, 0.25) is 0 Å². The number of terminal acetylenes is 1. The third-order valence-electron chi connectivity index (χ3n) is 8.36. The van der Waals surface area contributed by atoms with Gasteiger partial charge < -0.3 is 43.3 Å². The van der Waals surface area contributed by atoms with E-state index in [1.54, 1.807) is 31.3 Å². The summed E-state index contributed by atoms with van der Waals surface area (Å²) in [6.45, 7) is 14.4. The Morgan fingerprint density at radius 3 is 1.83 bits per heavy atom. The molecule has 0 aliphatic heterocycles. The molecule has 0 aromatic heterocycles. The minimum absolute atomic E-state index is 0.107. The highest BCUT2D eigenvalue weighted by Crippen LogP contribution is 2.49. The molecule has 3 rings (SSSR count). The fourth-order valence-electron chi connectivity index (χ4n) is 5.43. The highest BCUT2D eigenvalue weighted by Gasteiger charge is 2.27. The van der Waals surface area contributed by atoms with Crippen molar-refractivity contribution >= 4 is 19.8 Å². The van der Waals surface area contributed by atoms with Gasteiger partial charge in [-0.15, -0.1) is 12.8 Å². The van der Waals surface area contributed by atoms with Crippen molar-refractivity contribution in [2.75, 3.05) is 46.9 Å². The van der Waals surface area contributed by atoms with Crippen LogP contribution in [0.25, 0.3) is 0 Å². The highest BCUT2D eigenvalue weighted by molar-refractivity contribution is 7.53. The van der Waals surface area contributed by atoms with Crippen LogP contribution in [0, 0.1) is 24.7 Å². The number of hydrogen-bond donors (Lipinski definition) is 2. The summed E-state index contributed by atoms with van der Waals surface area (Å²) in [6, 6.07) is 25.5. The molecule has 0 saturated carbocycles. The zero-order valence-corrected chi connectivity index (χ0v) is 36.7. The molecule has 2 N–H and O–H groups in total. The number of ether oxygens (including phenoxy) is 4. The van der Waals surface area contributed by atoms with E-state index in [-0.39, 0.29) is 25.5 Å². The Bertz CT molecular complexity index is 1550. The van der Waals surface area contributed by atoms with Crippen LogP contribution in [0.5, 0.6) is 5.75 Å². The zero-order valence-electron chi connectivity index (χ0n) is 35.8. The Morgan fingerprint density at radius 1 is 0.828 bits per heavy atom. The molecule has 0 spiro atoms. The van der Waals surface area contributed by atoms with E-state index in [0.29, 0.717) is 37.6 Å². The Balaban J connectivity index is 0.00000122. The summed E-state index contributed by atoms with van der Waals surface area (Å²) in [5.41, 5.74) is 1.95. The van der Waals surface area contributed by atoms with Gasteiger partial charge in [-0.05, 0) is 80.7 Å². The minimum atomic E-state index is -3.66. The van der Waals surface area contributed by atoms with Crippen LogP contribution in [0.3, 0.4) is 0 Å². The van der Waals surface area contributed by atoms with Crippen molar-refractivity contribution in [2.24, 2.45) is 11.8 Å². The fraction of sp³-hybridized carbons (Fsp3) is 0.511. The van der Waals surface area contributed by atoms with E-state index in [4.69, 9.17) is 28.0 Å². The van der Waals surface area contributed by atoms with Crippen LogP contribution in [-0.4, -0.2) is 80.7 Å². The van der Waals surface area contributed by atoms with Gasteiger partial charge in [0.15, 0.2) is 6.35 Å². The fourth-order valence-corrected chi connectivity index (χ4v) is 6.65. The van der Waals surface area contributed by atoms with E-state index >= 15 is 0 Å². The maximum Gasteiger partial charge on any atom is 0.410 e. The Hall–Kier alpha value is -4.37. The van der Waals surface area contributed by atoms with Crippen LogP contribution in [-0.2, 0) is 47.5 Å². The zero-order chi connectivity index (χ0) is 43.4. The molecule has 3 aromatic rings. The summed E-state index contributed by atoms with van der Waals surface area (Å²) in [5.74, 6) is 1.35. The summed E-state index contributed by atoms with van der Waals surface area (Å²) in [5, 5.41) is 12.0. The number of nitrogens with one attached hydrogen (secondary N) is 1. The van der Waals surface area contributed by atoms with E-state index in [2.05, 4.69) is 25.1 Å². The third kappa shape index (κ3) is 23.8. The molecule has 2 atom stereocenters. The molecule has 0 aliphatic rings. The molecular formula is C45H67N2O10P. The molecule has 3 aromatic carbocycles. The quantitative estimate of drug-likeness (QED) is 0.0701. The van der Waals surface area contributed by atoms with Gasteiger partial charge in [-0.3, -0.25) is 4.57 Å². The highest BCUT2D eigenvalue weighted by atomic mass is 31.2. The summed E-state index contributed by atoms with van der Waals surface area (Å²) in [6.07, 6.45) is 9.24. The molecule has 322 valence electrons. The van der Waals surface area contributed by atoms with Gasteiger partial charge in [-0.1, -0.05) is 100.0 Å². The van der Waals surface area contributed by atoms with Crippen molar-refractivity contribution in [1.82, 2.24) is 10.2 Å². The summed E-state index contributed by atoms with van der Waals surface area (Å²) in [7, 11) is -0.175. The number of benzene rings is 3. The van der Waals surface area contributed by atoms with Gasteiger partial charge in [0.05, 0.1) is 13.2 Å². The first-order valence-corrected chi connectivity index (χ1v) is 21.3. The number of carbonyl (C=O) groups is 2. The average molecular weight is 827 g/mol. The van der Waals surface area contributed by atoms with Crippen molar-refractivity contribution in [2.45, 2.75) is 92.1 Å². The first kappa shape index (κ1) is 51.6. The standard InChI is InChI=1S/C35H47N2O8P.C8H18O2.C2H2/c1-27(2)23-37(34(40)45-35(3,4)5)21-20-31(36-33(38)39)22-28-16-18-32(19-17-28)42-26-46(41,43-24-29-12-8-6-9-13-29)44-25-30-14-10-7-11-15-30;1-4-8(7-10-3)5-6-9-2;1-2/h6-19,27,31,36H,20-26H2,1-5H3,(H,38,39);8H,4-7H2,1-3H3;1-2H/t31-;8-;/m11./s1. The number of carboxylic acid groups (broad SMARTS) is 1. The van der Waals surface area contributed by atoms with Crippen LogP contribution >= 0.6 is 7.60 Å². The number of nitrogens with zero attached hydrogens (tertiary/aromatic N) is 1. The molecule has 12 nitrogen and oxygen atoms in total. The van der Waals surface area contributed by atoms with Gasteiger partial charge in [0, 0.05) is 46.6 Å². The van der Waals surface area contributed by atoms with Gasteiger partial charge in [-0.2, -0.15) is 0 Å². The van der Waals surface area contributed by atoms with Crippen LogP contribution in [0.1, 0.15) is 77.5 Å². The molecule has 0 bridgehead atoms. The molecule has 0 radical (unpaired) electrons. The minimum Gasteiger partial charge on any atom is -0.481 e. The molecular weight excluding hydrogens is 759 g/mol. The van der Waals surface area contributed by atoms with Gasteiger partial charge in [-0.25, -0.2) is 9.59 Å². The maximum atomic E-state index is 13.7. The lowest BCUT2D eigenvalue weighted by atomic mass is 10.0. The Labute approximate surface area is 347 Å². The third-order valence-corrected chi connectivity index (χ3v) is 9.85. The Morgan fingerprint density at radius 2 is 1.38 bits per heavy atom. The Kier molecular flexibility index (Phi) is 25.8. The molecule has 0 saturated heterocycles. The van der Waals surface area contributed by atoms with E-state index in [1.165, 1.54) is 6.42 Å². The first-order valence-electron chi connectivity index (χ1n) is 19.6. The smallest absolute Gasteiger partial charge is 0.410 e. The van der Waals surface area contributed by atoms with E-state index in [0.717, 1.165) is 36.3 Å². The SMILES string of the molecule is C#C.CC(C)CN(CC[C@H](Cc1ccc(OCP(=O)(OCc2ccccc2)OCc2ccccc2)cc1)NC(=O)O)C(=O)OC(C)(C)C.CC[C@H](CCOC)COC. The van der Waals surface area contributed by atoms with Crippen LogP contribution in [0.2, 0.25) is 0 Å². The van der Waals surface area contributed by atoms with E-state index < -0.39 is 31.4 Å². The lowest BCUT2D eigenvalue weighted by molar-refractivity contribution is 0.0222. The number of amides is 2. The predicted molar refractivity (Wildman–Crippen MR) is 230 cm³/mol. The second-order valence-corrected chi connectivity index (χ2v) is 17.0. The topological polar surface area (TPSA) is 142 Å². The number of rotatable bonds is 23. The van der Waals surface area contributed by atoms with Crippen molar-refractivity contribution in [3.8, 4) is 18.6 Å². The lowest BCUT2D eigenvalue weighted by Gasteiger charge is -2.30. The molecule has 0 aliphatic carbocycles. The number of methoxy groups -OCH3 is 2. The van der Waals surface area contributed by atoms with Crippen molar-refractivity contribution in [1.29, 1.82) is 0 Å². The predicted octanol–water partition coefficient (Wildman–Crippen LogP) is 10.1. The van der Waals surface area contributed by atoms with Crippen LogP contribution < -0.4 is 10.1 Å². The monoisotopic (exact) mass is 826 g/mol. The molecule has 0 heterocycles. The van der Waals surface area contributed by atoms with Gasteiger partial charge in [0.25, 0.3) is 0 Å². The maximum absolute atomic E-state index is 13.7. The number of hydrogen-bond acceptors (Lipinski definition) is 9. The van der Waals surface area contributed by atoms with Crippen molar-refractivity contribution in [3.05, 3.63) is 102 Å².